The molecular formula is C15H21N5O5. The van der Waals surface area contributed by atoms with Crippen LogP contribution in [-0.4, -0.2) is 43.9 Å². The molecule has 2 aromatic rings. The van der Waals surface area contributed by atoms with Gasteiger partial charge in [0.2, 0.25) is 29.5 Å². The molecule has 0 saturated heterocycles. The van der Waals surface area contributed by atoms with Crippen LogP contribution in [-0.2, 0) is 16.0 Å². The van der Waals surface area contributed by atoms with Crippen molar-refractivity contribution in [1.29, 1.82) is 0 Å². The molecule has 0 aliphatic heterocycles. The van der Waals surface area contributed by atoms with Crippen LogP contribution in [0.5, 0.6) is 0 Å². The Morgan fingerprint density at radius 1 is 1.04 bits per heavy atom. The molecule has 2 heterocycles. The number of hydrogen-bond acceptors (Lipinski definition) is 8. The van der Waals surface area contributed by atoms with E-state index in [-0.39, 0.29) is 24.6 Å². The third-order valence-electron chi connectivity index (χ3n) is 3.47. The first-order valence-electron chi connectivity index (χ1n) is 8.04. The molecule has 136 valence electrons. The summed E-state index contributed by atoms with van der Waals surface area (Å²) in [5.41, 5.74) is 0. The quantitative estimate of drug-likeness (QED) is 0.602. The molecule has 25 heavy (non-hydrogen) atoms. The molecule has 0 spiro atoms. The average Bonchev–Trinajstić information content (AvgIpc) is 3.16. The van der Waals surface area contributed by atoms with Crippen molar-refractivity contribution in [2.24, 2.45) is 0 Å². The van der Waals surface area contributed by atoms with Crippen LogP contribution in [0.25, 0.3) is 0 Å². The number of rotatable bonds is 10. The fraction of sp³-hybridized carbons (Fsp3) is 0.600. The largest absolute Gasteiger partial charge is 0.481 e. The fourth-order valence-electron chi connectivity index (χ4n) is 2.25. The van der Waals surface area contributed by atoms with Gasteiger partial charge in [-0.2, -0.15) is 0 Å². The van der Waals surface area contributed by atoms with Gasteiger partial charge in [0.05, 0.1) is 0 Å². The van der Waals surface area contributed by atoms with Crippen LogP contribution in [0.1, 0.15) is 55.2 Å². The van der Waals surface area contributed by atoms with Gasteiger partial charge in [0.25, 0.3) is 0 Å². The lowest BCUT2D eigenvalue weighted by molar-refractivity contribution is -0.137. The van der Waals surface area contributed by atoms with Crippen molar-refractivity contribution in [1.82, 2.24) is 25.7 Å². The van der Waals surface area contributed by atoms with Crippen molar-refractivity contribution in [3.8, 4) is 0 Å². The molecule has 0 aliphatic carbocycles. The zero-order valence-electron chi connectivity index (χ0n) is 14.2. The van der Waals surface area contributed by atoms with Crippen LogP contribution in [0.15, 0.2) is 8.83 Å². The number of amides is 1. The molecule has 0 radical (unpaired) electrons. The Hall–Kier alpha value is -2.78. The van der Waals surface area contributed by atoms with E-state index in [2.05, 4.69) is 25.7 Å². The van der Waals surface area contributed by atoms with E-state index in [1.165, 1.54) is 0 Å². The van der Waals surface area contributed by atoms with Crippen molar-refractivity contribution in [3.63, 3.8) is 0 Å². The van der Waals surface area contributed by atoms with Gasteiger partial charge in [0, 0.05) is 33.2 Å². The maximum absolute atomic E-state index is 12.5. The second-order valence-electron chi connectivity index (χ2n) is 5.63. The van der Waals surface area contributed by atoms with Crippen LogP contribution in [0.4, 0.5) is 0 Å². The number of carbonyl (C=O) groups is 2. The normalized spacial score (nSPS) is 12.1. The van der Waals surface area contributed by atoms with Gasteiger partial charge >= 0.3 is 5.97 Å². The molecule has 10 heteroatoms. The van der Waals surface area contributed by atoms with Gasteiger partial charge in [0.1, 0.15) is 5.92 Å². The summed E-state index contributed by atoms with van der Waals surface area (Å²) < 4.78 is 10.7. The molecule has 2 aromatic heterocycles. The van der Waals surface area contributed by atoms with E-state index in [1.807, 2.05) is 0 Å². The summed E-state index contributed by atoms with van der Waals surface area (Å²) in [6.45, 7) is 3.75. The minimum atomic E-state index is -0.814. The minimum absolute atomic E-state index is 0.133. The van der Waals surface area contributed by atoms with Crippen molar-refractivity contribution in [2.75, 3.05) is 6.54 Å². The van der Waals surface area contributed by atoms with Gasteiger partial charge in [0.15, 0.2) is 0 Å². The van der Waals surface area contributed by atoms with Crippen molar-refractivity contribution in [3.05, 3.63) is 23.6 Å². The van der Waals surface area contributed by atoms with E-state index >= 15 is 0 Å². The van der Waals surface area contributed by atoms with Gasteiger partial charge < -0.3 is 19.3 Å². The molecular weight excluding hydrogens is 330 g/mol. The molecule has 2 N–H and O–H groups in total. The average molecular weight is 351 g/mol. The third kappa shape index (κ3) is 5.98. The summed E-state index contributed by atoms with van der Waals surface area (Å²) in [5, 5.41) is 26.7. The van der Waals surface area contributed by atoms with E-state index in [1.54, 1.807) is 13.8 Å². The van der Waals surface area contributed by atoms with E-state index in [4.69, 9.17) is 13.9 Å². The number of unbranched alkanes of at least 4 members (excludes halogenated alkanes) is 2. The third-order valence-corrected chi connectivity index (χ3v) is 3.47. The number of aliphatic carboxylic acids is 1. The number of nitrogens with one attached hydrogen (secondary N) is 1. The first kappa shape index (κ1) is 18.6. The number of aromatic nitrogens is 4. The molecule has 0 bridgehead atoms. The Balaban J connectivity index is 1.90. The van der Waals surface area contributed by atoms with Crippen LogP contribution >= 0.6 is 0 Å². The highest BCUT2D eigenvalue weighted by molar-refractivity contribution is 5.82. The van der Waals surface area contributed by atoms with Crippen LogP contribution in [0, 0.1) is 13.8 Å². The van der Waals surface area contributed by atoms with Crippen molar-refractivity contribution < 1.29 is 23.5 Å². The molecule has 10 nitrogen and oxygen atoms in total. The number of carboxylic acids is 1. The predicted molar refractivity (Wildman–Crippen MR) is 83.6 cm³/mol. The summed E-state index contributed by atoms with van der Waals surface area (Å²) in [5.74, 6) is -0.535. The highest BCUT2D eigenvalue weighted by Crippen LogP contribution is 2.20. The Bertz CT molecular complexity index is 711. The van der Waals surface area contributed by atoms with Gasteiger partial charge in [-0.3, -0.25) is 9.59 Å². The Labute approximate surface area is 144 Å². The lowest BCUT2D eigenvalue weighted by Gasteiger charge is -2.11. The summed E-state index contributed by atoms with van der Waals surface area (Å²) in [4.78, 5) is 22.9. The number of nitrogens with zero attached hydrogens (tertiary/aromatic N) is 4. The van der Waals surface area contributed by atoms with Crippen LogP contribution in [0.3, 0.4) is 0 Å². The second-order valence-corrected chi connectivity index (χ2v) is 5.63. The molecule has 2 rings (SSSR count). The first-order chi connectivity index (χ1) is 12.0. The smallest absolute Gasteiger partial charge is 0.303 e. The number of carbonyl (C=O) groups excluding carboxylic acids is 1. The summed E-state index contributed by atoms with van der Waals surface area (Å²) >= 11 is 0. The number of hydrogen-bond donors (Lipinski definition) is 2. The predicted octanol–water partition coefficient (Wildman–Crippen LogP) is 1.16. The van der Waals surface area contributed by atoms with E-state index in [9.17, 15) is 9.59 Å². The maximum Gasteiger partial charge on any atom is 0.303 e. The highest BCUT2D eigenvalue weighted by Gasteiger charge is 2.28. The van der Waals surface area contributed by atoms with Gasteiger partial charge in [-0.1, -0.05) is 6.42 Å². The van der Waals surface area contributed by atoms with Crippen LogP contribution in [0.2, 0.25) is 0 Å². The summed E-state index contributed by atoms with van der Waals surface area (Å²) in [6.07, 6.45) is 2.29. The number of carboxylic acid groups (broad SMARTS) is 1. The molecule has 0 fully saturated rings. The SMILES string of the molecule is Cc1nnc(CC(C(=O)NCCCCCC(=O)O)c2nnc(C)o2)o1. The zero-order valence-corrected chi connectivity index (χ0v) is 14.2. The lowest BCUT2D eigenvalue weighted by atomic mass is 10.0. The van der Waals surface area contributed by atoms with Gasteiger partial charge in [-0.05, 0) is 12.8 Å². The second kappa shape index (κ2) is 8.90. The number of aryl methyl sites for hydroxylation is 2. The highest BCUT2D eigenvalue weighted by atomic mass is 16.4. The summed E-state index contributed by atoms with van der Waals surface area (Å²) in [6, 6.07) is 0. The molecule has 0 saturated carbocycles. The molecule has 1 unspecified atom stereocenters. The Morgan fingerprint density at radius 2 is 1.76 bits per heavy atom. The maximum atomic E-state index is 12.5. The van der Waals surface area contributed by atoms with Crippen molar-refractivity contribution in [2.45, 2.75) is 51.9 Å². The van der Waals surface area contributed by atoms with Gasteiger partial charge in [-0.25, -0.2) is 0 Å². The first-order valence-corrected chi connectivity index (χ1v) is 8.04. The summed E-state index contributed by atoms with van der Waals surface area (Å²) in [7, 11) is 0. The molecule has 1 amide bonds. The molecule has 0 aliphatic rings. The van der Waals surface area contributed by atoms with Gasteiger partial charge in [-0.15, -0.1) is 20.4 Å². The Morgan fingerprint density at radius 3 is 2.36 bits per heavy atom. The molecule has 0 aromatic carbocycles. The van der Waals surface area contributed by atoms with Crippen LogP contribution < -0.4 is 5.32 Å². The molecule has 1 atom stereocenters. The van der Waals surface area contributed by atoms with E-state index < -0.39 is 11.9 Å². The fourth-order valence-corrected chi connectivity index (χ4v) is 2.25. The Kier molecular flexibility index (Phi) is 6.61. The lowest BCUT2D eigenvalue weighted by Crippen LogP contribution is -2.31. The topological polar surface area (TPSA) is 144 Å². The standard InChI is InChI=1S/C15H21N5O5/c1-9-17-19-12(24-9)8-11(15-20-18-10(2)25-15)14(23)16-7-5-3-4-6-13(21)22/h11H,3-8H2,1-2H3,(H,16,23)(H,21,22). The zero-order chi connectivity index (χ0) is 18.2. The van der Waals surface area contributed by atoms with E-state index in [0.29, 0.717) is 37.1 Å². The minimum Gasteiger partial charge on any atom is -0.481 e. The monoisotopic (exact) mass is 351 g/mol. The van der Waals surface area contributed by atoms with Crippen molar-refractivity contribution >= 4 is 11.9 Å². The van der Waals surface area contributed by atoms with E-state index in [0.717, 1.165) is 6.42 Å².